The Bertz CT molecular complexity index is 1200. The summed E-state index contributed by atoms with van der Waals surface area (Å²) in [5.74, 6) is 1.04. The Morgan fingerprint density at radius 3 is 2.18 bits per heavy atom. The molecule has 3 aromatic carbocycles. The van der Waals surface area contributed by atoms with E-state index in [0.717, 1.165) is 38.9 Å². The summed E-state index contributed by atoms with van der Waals surface area (Å²) in [6, 6.07) is 25.8. The first-order valence-corrected chi connectivity index (χ1v) is 13.2. The number of phenolic OH excluding ortho intramolecular Hbond substituents is 1. The Morgan fingerprint density at radius 2 is 1.53 bits per heavy atom. The van der Waals surface area contributed by atoms with E-state index in [1.165, 1.54) is 11.1 Å². The fourth-order valence-corrected chi connectivity index (χ4v) is 5.93. The monoisotopic (exact) mass is 490 g/mol. The Kier molecular flexibility index (Phi) is 7.56. The summed E-state index contributed by atoms with van der Waals surface area (Å²) in [6.07, 6.45) is 1.25. The summed E-state index contributed by atoms with van der Waals surface area (Å²) in [5, 5.41) is 11.5. The van der Waals surface area contributed by atoms with Gasteiger partial charge in [0.2, 0.25) is 0 Å². The van der Waals surface area contributed by atoms with Crippen LogP contribution in [0.15, 0.2) is 83.9 Å². The zero-order chi connectivity index (χ0) is 23.2. The fraction of sp³-hybridized carbons (Fsp3) is 0.259. The molecule has 1 N–H and O–H groups in total. The van der Waals surface area contributed by atoms with Crippen LogP contribution >= 0.6 is 23.1 Å². The topological polar surface area (TPSA) is 63.9 Å². The first-order chi connectivity index (χ1) is 16.7. The third-order valence-electron chi connectivity index (χ3n) is 5.57. The van der Waals surface area contributed by atoms with Gasteiger partial charge in [0.15, 0.2) is 6.29 Å². The number of thiazole rings is 1. The van der Waals surface area contributed by atoms with Gasteiger partial charge in [-0.15, -0.1) is 23.1 Å². The molecule has 2 heterocycles. The maximum Gasteiger partial charge on any atom is 0.180 e. The van der Waals surface area contributed by atoms with E-state index in [2.05, 4.69) is 24.3 Å². The average molecular weight is 491 g/mol. The van der Waals surface area contributed by atoms with Crippen LogP contribution in [0, 0.1) is 0 Å². The zero-order valence-corrected chi connectivity index (χ0v) is 20.3. The molecule has 1 atom stereocenters. The van der Waals surface area contributed by atoms with E-state index in [9.17, 15) is 5.11 Å². The van der Waals surface area contributed by atoms with E-state index in [1.54, 1.807) is 35.2 Å². The van der Waals surface area contributed by atoms with Crippen LogP contribution in [0.5, 0.6) is 5.75 Å². The van der Waals surface area contributed by atoms with E-state index in [4.69, 9.17) is 19.5 Å². The predicted octanol–water partition coefficient (Wildman–Crippen LogP) is 5.71. The van der Waals surface area contributed by atoms with Gasteiger partial charge in [0, 0.05) is 5.75 Å². The number of ether oxygens (including phenoxy) is 2. The van der Waals surface area contributed by atoms with E-state index in [0.29, 0.717) is 13.2 Å². The van der Waals surface area contributed by atoms with Crippen molar-refractivity contribution < 1.29 is 14.6 Å². The van der Waals surface area contributed by atoms with Crippen molar-refractivity contribution in [3.8, 4) is 5.75 Å². The average Bonchev–Trinajstić information content (AvgIpc) is 3.51. The number of hydrogen-bond acceptors (Lipinski definition) is 7. The van der Waals surface area contributed by atoms with E-state index in [-0.39, 0.29) is 11.8 Å². The van der Waals surface area contributed by atoms with Gasteiger partial charge in [-0.05, 0) is 42.2 Å². The zero-order valence-electron chi connectivity index (χ0n) is 18.7. The second kappa shape index (κ2) is 11.1. The number of nitrogens with zero attached hydrogens (tertiary/aromatic N) is 2. The lowest BCUT2D eigenvalue weighted by Gasteiger charge is -2.22. The minimum atomic E-state index is -0.407. The van der Waals surface area contributed by atoms with Gasteiger partial charge in [-0.3, -0.25) is 4.99 Å². The number of aromatic hydroxyl groups is 1. The van der Waals surface area contributed by atoms with Crippen LogP contribution in [0.4, 0.5) is 0 Å². The molecule has 174 valence electrons. The lowest BCUT2D eigenvalue weighted by Crippen LogP contribution is -2.32. The fourth-order valence-electron chi connectivity index (χ4n) is 3.80. The minimum absolute atomic E-state index is 0.0908. The van der Waals surface area contributed by atoms with Crippen molar-refractivity contribution in [2.24, 2.45) is 4.99 Å². The summed E-state index contributed by atoms with van der Waals surface area (Å²) in [4.78, 5) is 9.65. The Morgan fingerprint density at radius 1 is 0.882 bits per heavy atom. The lowest BCUT2D eigenvalue weighted by molar-refractivity contribution is -0.148. The number of aliphatic imine (C=N–C) groups is 1. The molecule has 0 saturated carbocycles. The molecule has 4 aromatic rings. The molecule has 34 heavy (non-hydrogen) atoms. The maximum absolute atomic E-state index is 9.76. The summed E-state index contributed by atoms with van der Waals surface area (Å²) in [6.45, 7) is 1.15. The van der Waals surface area contributed by atoms with Gasteiger partial charge in [-0.2, -0.15) is 0 Å². The van der Waals surface area contributed by atoms with Gasteiger partial charge < -0.3 is 14.6 Å². The van der Waals surface area contributed by atoms with Crippen LogP contribution in [-0.4, -0.2) is 46.4 Å². The first kappa shape index (κ1) is 23.1. The van der Waals surface area contributed by atoms with E-state index in [1.807, 2.05) is 42.5 Å². The van der Waals surface area contributed by atoms with Crippen molar-refractivity contribution in [3.63, 3.8) is 0 Å². The molecule has 0 aliphatic carbocycles. The third kappa shape index (κ3) is 5.85. The van der Waals surface area contributed by atoms with Crippen molar-refractivity contribution >= 4 is 38.4 Å². The molecule has 1 aliphatic heterocycles. The second-order valence-electron chi connectivity index (χ2n) is 8.06. The highest BCUT2D eigenvalue weighted by Crippen LogP contribution is 2.32. The molecule has 0 spiro atoms. The highest BCUT2D eigenvalue weighted by atomic mass is 32.2. The summed E-state index contributed by atoms with van der Waals surface area (Å²) in [7, 11) is 0. The Balaban J connectivity index is 1.27. The van der Waals surface area contributed by atoms with Crippen LogP contribution in [0.3, 0.4) is 0 Å². The van der Waals surface area contributed by atoms with Gasteiger partial charge in [0.05, 0.1) is 23.4 Å². The van der Waals surface area contributed by atoms with Gasteiger partial charge in [0.1, 0.15) is 21.8 Å². The van der Waals surface area contributed by atoms with Crippen molar-refractivity contribution in [2.75, 3.05) is 19.0 Å². The molecule has 0 radical (unpaired) electrons. The Labute approximate surface area is 207 Å². The molecule has 1 aromatic heterocycles. The molecule has 7 heteroatoms. The van der Waals surface area contributed by atoms with Crippen LogP contribution < -0.4 is 0 Å². The molecule has 0 amide bonds. The lowest BCUT2D eigenvalue weighted by atomic mass is 10.2. The minimum Gasteiger partial charge on any atom is -0.508 e. The number of hydrogen-bond donors (Lipinski definition) is 1. The van der Waals surface area contributed by atoms with E-state index < -0.39 is 6.29 Å². The summed E-state index contributed by atoms with van der Waals surface area (Å²) >= 11 is 3.23. The van der Waals surface area contributed by atoms with Crippen molar-refractivity contribution in [1.29, 1.82) is 0 Å². The number of benzene rings is 3. The molecule has 0 fully saturated rings. The van der Waals surface area contributed by atoms with Crippen molar-refractivity contribution in [1.82, 2.24) is 4.98 Å². The van der Waals surface area contributed by atoms with Gasteiger partial charge in [0.25, 0.3) is 0 Å². The molecular weight excluding hydrogens is 464 g/mol. The second-order valence-corrected chi connectivity index (χ2v) is 10.1. The van der Waals surface area contributed by atoms with Gasteiger partial charge in [-0.25, -0.2) is 4.98 Å². The van der Waals surface area contributed by atoms with Crippen LogP contribution in [0.1, 0.15) is 16.1 Å². The van der Waals surface area contributed by atoms with E-state index >= 15 is 0 Å². The smallest absolute Gasteiger partial charge is 0.180 e. The van der Waals surface area contributed by atoms with Crippen LogP contribution in [-0.2, 0) is 22.3 Å². The summed E-state index contributed by atoms with van der Waals surface area (Å²) in [5.41, 5.74) is 3.36. The number of thioether (sulfide) groups is 1. The molecular formula is C27H26N2O3S2. The van der Waals surface area contributed by atoms with Gasteiger partial charge >= 0.3 is 0 Å². The highest BCUT2D eigenvalue weighted by molar-refractivity contribution is 8.15. The molecule has 0 saturated heterocycles. The SMILES string of the molecule is Oc1ccc2nc(C3=NC(C(OCCc4ccccc4)OCCc4ccccc4)CS3)sc2c1. The number of phenols is 1. The molecule has 0 bridgehead atoms. The number of rotatable bonds is 10. The van der Waals surface area contributed by atoms with Crippen molar-refractivity contribution in [3.05, 3.63) is 95.0 Å². The molecule has 5 nitrogen and oxygen atoms in total. The molecule has 5 rings (SSSR count). The predicted molar refractivity (Wildman–Crippen MR) is 140 cm³/mol. The number of fused-ring (bicyclic) bond motifs is 1. The van der Waals surface area contributed by atoms with Crippen molar-refractivity contribution in [2.45, 2.75) is 25.2 Å². The van der Waals surface area contributed by atoms with Crippen LogP contribution in [0.2, 0.25) is 0 Å². The normalized spacial score (nSPS) is 15.8. The maximum atomic E-state index is 9.76. The molecule has 1 unspecified atom stereocenters. The Hall–Kier alpha value is -2.71. The summed E-state index contributed by atoms with van der Waals surface area (Å²) < 4.78 is 13.4. The standard InChI is InChI=1S/C27H26N2O3S2/c30-21-11-12-22-24(17-21)34-26(28-22)25-29-23(18-33-25)27(31-15-13-19-7-3-1-4-8-19)32-16-14-20-9-5-2-6-10-20/h1-12,17,23,27,30H,13-16,18H2. The largest absolute Gasteiger partial charge is 0.508 e. The quantitative estimate of drug-likeness (QED) is 0.289. The molecule has 1 aliphatic rings. The first-order valence-electron chi connectivity index (χ1n) is 11.4. The van der Waals surface area contributed by atoms with Crippen LogP contribution in [0.25, 0.3) is 10.2 Å². The highest BCUT2D eigenvalue weighted by Gasteiger charge is 2.30. The number of aromatic nitrogens is 1. The van der Waals surface area contributed by atoms with Gasteiger partial charge in [-0.1, -0.05) is 60.7 Å². The third-order valence-corrected chi connectivity index (χ3v) is 7.81.